The first-order chi connectivity index (χ1) is 22.3. The normalized spacial score (nSPS) is 12.0. The maximum absolute atomic E-state index is 6.17. The van der Waals surface area contributed by atoms with Gasteiger partial charge in [0, 0.05) is 33.7 Å². The van der Waals surface area contributed by atoms with Gasteiger partial charge in [-0.2, -0.15) is 0 Å². The third-order valence-electron chi connectivity index (χ3n) is 8.93. The number of aromatic nitrogens is 4. The molecule has 9 aromatic rings. The molecule has 45 heavy (non-hydrogen) atoms. The lowest BCUT2D eigenvalue weighted by Gasteiger charge is -2.11. The largest absolute Gasteiger partial charge is 0.454 e. The Hall–Kier alpha value is -6.20. The number of hydrogen-bond donors (Lipinski definition) is 0. The number of pyridine rings is 1. The van der Waals surface area contributed by atoms with Crippen LogP contribution >= 0.6 is 0 Å². The first-order valence-corrected chi connectivity index (χ1v) is 15.0. The Balaban J connectivity index is 1.22. The van der Waals surface area contributed by atoms with Crippen molar-refractivity contribution in [1.82, 2.24) is 19.9 Å². The maximum atomic E-state index is 6.17. The summed E-state index contributed by atoms with van der Waals surface area (Å²) in [6, 6.07) is 42.3. The lowest BCUT2D eigenvalue weighted by atomic mass is 10.0. The van der Waals surface area contributed by atoms with Crippen molar-refractivity contribution in [3.05, 3.63) is 134 Å². The quantitative estimate of drug-likeness (QED) is 0.210. The van der Waals surface area contributed by atoms with Crippen molar-refractivity contribution in [2.75, 3.05) is 0 Å². The number of rotatable bonds is 3. The van der Waals surface area contributed by atoms with Gasteiger partial charge in [0.05, 0.1) is 6.20 Å². The van der Waals surface area contributed by atoms with Gasteiger partial charge in [0.2, 0.25) is 0 Å². The van der Waals surface area contributed by atoms with Crippen LogP contribution in [0.1, 0.15) is 0 Å². The molecule has 0 atom stereocenters. The standard InChI is InChI=1S/C40H22N4O/c1-2-8-25-19-26(16-15-23(25)7-1)38-42-39(27-17-18-28-29-12-5-9-24-10-6-13-30(36(24)29)32(28)20-27)44-40(43-38)33-21-41-22-35-37(33)31-11-3-4-14-34(31)45-35/h1-22H. The van der Waals surface area contributed by atoms with E-state index in [1.54, 1.807) is 6.20 Å². The van der Waals surface area contributed by atoms with Gasteiger partial charge in [-0.15, -0.1) is 0 Å². The average Bonchev–Trinajstić information content (AvgIpc) is 3.65. The molecule has 1 aliphatic rings. The van der Waals surface area contributed by atoms with Crippen LogP contribution in [-0.2, 0) is 0 Å². The topological polar surface area (TPSA) is 64.7 Å². The smallest absolute Gasteiger partial charge is 0.166 e. The number of nitrogens with zero attached hydrogens (tertiary/aromatic N) is 4. The molecule has 10 rings (SSSR count). The van der Waals surface area contributed by atoms with Crippen LogP contribution < -0.4 is 0 Å². The maximum Gasteiger partial charge on any atom is 0.166 e. The van der Waals surface area contributed by atoms with E-state index in [2.05, 4.69) is 108 Å². The third-order valence-corrected chi connectivity index (χ3v) is 8.93. The Morgan fingerprint density at radius 2 is 1.09 bits per heavy atom. The second kappa shape index (κ2) is 9.15. The minimum absolute atomic E-state index is 0.554. The summed E-state index contributed by atoms with van der Waals surface area (Å²) in [5, 5.41) is 6.79. The van der Waals surface area contributed by atoms with Crippen LogP contribution in [0, 0.1) is 0 Å². The zero-order valence-corrected chi connectivity index (χ0v) is 23.9. The molecule has 0 radical (unpaired) electrons. The highest BCUT2D eigenvalue weighted by molar-refractivity contribution is 6.15. The van der Waals surface area contributed by atoms with Crippen molar-refractivity contribution in [2.45, 2.75) is 0 Å². The van der Waals surface area contributed by atoms with E-state index in [9.17, 15) is 0 Å². The Kier molecular flexibility index (Phi) is 4.93. The van der Waals surface area contributed by atoms with Crippen LogP contribution in [-0.4, -0.2) is 19.9 Å². The first kappa shape index (κ1) is 24.3. The van der Waals surface area contributed by atoms with Gasteiger partial charge in [-0.25, -0.2) is 15.0 Å². The fourth-order valence-electron chi connectivity index (χ4n) is 6.86. The second-order valence-electron chi connectivity index (χ2n) is 11.5. The van der Waals surface area contributed by atoms with Crippen LogP contribution in [0.15, 0.2) is 138 Å². The van der Waals surface area contributed by atoms with Gasteiger partial charge in [-0.1, -0.05) is 103 Å². The van der Waals surface area contributed by atoms with Crippen LogP contribution in [0.2, 0.25) is 0 Å². The van der Waals surface area contributed by atoms with E-state index in [-0.39, 0.29) is 0 Å². The lowest BCUT2D eigenvalue weighted by molar-refractivity contribution is 0.667. The lowest BCUT2D eigenvalue weighted by Crippen LogP contribution is -2.01. The summed E-state index contributed by atoms with van der Waals surface area (Å²) in [7, 11) is 0. The Labute approximate surface area is 257 Å². The van der Waals surface area contributed by atoms with E-state index < -0.39 is 0 Å². The SMILES string of the molecule is c1ccc2cc(-c3nc(-c4ccc5c(c4)-c4cccc6cccc-5c46)nc(-c4cncc5oc6ccccc6c45)n3)ccc2c1. The molecule has 5 nitrogen and oxygen atoms in total. The van der Waals surface area contributed by atoms with Crippen LogP contribution in [0.3, 0.4) is 0 Å². The molecule has 0 spiro atoms. The molecule has 6 aromatic carbocycles. The summed E-state index contributed by atoms with van der Waals surface area (Å²) < 4.78 is 6.17. The molecule has 208 valence electrons. The fraction of sp³-hybridized carbons (Fsp3) is 0. The zero-order chi connectivity index (χ0) is 29.5. The van der Waals surface area contributed by atoms with Gasteiger partial charge in [-0.3, -0.25) is 4.98 Å². The molecule has 0 bridgehead atoms. The molecular formula is C40H22N4O. The van der Waals surface area contributed by atoms with E-state index in [0.29, 0.717) is 23.1 Å². The van der Waals surface area contributed by atoms with Gasteiger partial charge in [0.1, 0.15) is 5.58 Å². The number of furan rings is 1. The Morgan fingerprint density at radius 3 is 1.96 bits per heavy atom. The molecule has 0 saturated carbocycles. The minimum atomic E-state index is 0.554. The highest BCUT2D eigenvalue weighted by atomic mass is 16.3. The summed E-state index contributed by atoms with van der Waals surface area (Å²) in [4.78, 5) is 19.8. The van der Waals surface area contributed by atoms with Crippen molar-refractivity contribution in [3.8, 4) is 56.4 Å². The molecule has 0 saturated heterocycles. The van der Waals surface area contributed by atoms with E-state index in [1.165, 1.54) is 38.4 Å². The summed E-state index contributed by atoms with van der Waals surface area (Å²) in [6.07, 6.45) is 3.58. The monoisotopic (exact) mass is 574 g/mol. The highest BCUT2D eigenvalue weighted by Gasteiger charge is 2.23. The van der Waals surface area contributed by atoms with Crippen molar-refractivity contribution < 1.29 is 4.42 Å². The molecule has 5 heteroatoms. The number of para-hydroxylation sites is 1. The third kappa shape index (κ3) is 3.61. The Bertz CT molecular complexity index is 2670. The van der Waals surface area contributed by atoms with Gasteiger partial charge in [0.15, 0.2) is 23.1 Å². The van der Waals surface area contributed by atoms with E-state index in [4.69, 9.17) is 19.4 Å². The molecule has 0 fully saturated rings. The Morgan fingerprint density at radius 1 is 0.400 bits per heavy atom. The number of benzene rings is 6. The van der Waals surface area contributed by atoms with Gasteiger partial charge < -0.3 is 4.42 Å². The highest BCUT2D eigenvalue weighted by Crippen LogP contribution is 2.48. The van der Waals surface area contributed by atoms with Crippen molar-refractivity contribution in [2.24, 2.45) is 0 Å². The fourth-order valence-corrected chi connectivity index (χ4v) is 6.86. The number of fused-ring (bicyclic) bond motifs is 7. The average molecular weight is 575 g/mol. The van der Waals surface area contributed by atoms with Crippen molar-refractivity contribution in [1.29, 1.82) is 0 Å². The van der Waals surface area contributed by atoms with Crippen LogP contribution in [0.4, 0.5) is 0 Å². The van der Waals surface area contributed by atoms with Crippen molar-refractivity contribution >= 4 is 43.5 Å². The molecular weight excluding hydrogens is 552 g/mol. The second-order valence-corrected chi connectivity index (χ2v) is 11.5. The molecule has 3 heterocycles. The van der Waals surface area contributed by atoms with Crippen molar-refractivity contribution in [3.63, 3.8) is 0 Å². The van der Waals surface area contributed by atoms with E-state index in [1.807, 2.05) is 24.4 Å². The van der Waals surface area contributed by atoms with E-state index >= 15 is 0 Å². The number of hydrogen-bond acceptors (Lipinski definition) is 5. The van der Waals surface area contributed by atoms with Gasteiger partial charge in [0.25, 0.3) is 0 Å². The summed E-state index contributed by atoms with van der Waals surface area (Å²) in [5.41, 5.74) is 9.10. The molecule has 3 aromatic heterocycles. The molecule has 1 aliphatic carbocycles. The molecule has 0 unspecified atom stereocenters. The predicted molar refractivity (Wildman–Crippen MR) is 181 cm³/mol. The van der Waals surface area contributed by atoms with E-state index in [0.717, 1.165) is 38.4 Å². The first-order valence-electron chi connectivity index (χ1n) is 15.0. The summed E-state index contributed by atoms with van der Waals surface area (Å²) in [6.45, 7) is 0. The molecule has 0 amide bonds. The predicted octanol–water partition coefficient (Wildman–Crippen LogP) is 10.1. The van der Waals surface area contributed by atoms with Gasteiger partial charge >= 0.3 is 0 Å². The summed E-state index contributed by atoms with van der Waals surface area (Å²) in [5.74, 6) is 1.77. The zero-order valence-electron chi connectivity index (χ0n) is 23.9. The minimum Gasteiger partial charge on any atom is -0.454 e. The van der Waals surface area contributed by atoms with Crippen LogP contribution in [0.5, 0.6) is 0 Å². The van der Waals surface area contributed by atoms with Crippen LogP contribution in [0.25, 0.3) is 99.9 Å². The van der Waals surface area contributed by atoms with Gasteiger partial charge in [-0.05, 0) is 62.0 Å². The molecule has 0 aliphatic heterocycles. The molecule has 0 N–H and O–H groups in total. The summed E-state index contributed by atoms with van der Waals surface area (Å²) >= 11 is 0.